The number of fused-ring (bicyclic) bond motifs is 1. The molecule has 0 unspecified atom stereocenters. The number of hydrogen-bond donors (Lipinski definition) is 1. The Balaban J connectivity index is 2.11. The summed E-state index contributed by atoms with van der Waals surface area (Å²) < 4.78 is 0. The summed E-state index contributed by atoms with van der Waals surface area (Å²) in [6.07, 6.45) is 1.81. The average molecular weight is 290 g/mol. The number of H-pyrrole nitrogens is 1. The highest BCUT2D eigenvalue weighted by Crippen LogP contribution is 2.25. The van der Waals surface area contributed by atoms with Crippen LogP contribution < -0.4 is 10.5 Å². The van der Waals surface area contributed by atoms with Crippen molar-refractivity contribution in [3.63, 3.8) is 0 Å². The maximum absolute atomic E-state index is 12.4. The van der Waals surface area contributed by atoms with Crippen molar-refractivity contribution in [1.82, 2.24) is 4.98 Å². The zero-order valence-electron chi connectivity index (χ0n) is 12.5. The predicted molar refractivity (Wildman–Crippen MR) is 93.8 cm³/mol. The van der Waals surface area contributed by atoms with E-state index in [2.05, 4.69) is 11.6 Å². The molecule has 3 rings (SSSR count). The van der Waals surface area contributed by atoms with Crippen molar-refractivity contribution in [3.05, 3.63) is 77.1 Å². The van der Waals surface area contributed by atoms with Crippen LogP contribution in [-0.2, 0) is 0 Å². The van der Waals surface area contributed by atoms with Gasteiger partial charge in [0.2, 0.25) is 0 Å². The van der Waals surface area contributed by atoms with Crippen molar-refractivity contribution in [2.45, 2.75) is 6.92 Å². The van der Waals surface area contributed by atoms with Gasteiger partial charge in [-0.15, -0.1) is 0 Å². The smallest absolute Gasteiger partial charge is 0.272 e. The Morgan fingerprint density at radius 1 is 1.14 bits per heavy atom. The molecular formula is C19H18N2O. The van der Waals surface area contributed by atoms with Crippen LogP contribution >= 0.6 is 0 Å². The van der Waals surface area contributed by atoms with Gasteiger partial charge in [-0.1, -0.05) is 43.0 Å². The molecule has 1 N–H and O–H groups in total. The molecule has 0 amide bonds. The van der Waals surface area contributed by atoms with Gasteiger partial charge >= 0.3 is 0 Å². The quantitative estimate of drug-likeness (QED) is 0.776. The largest absolute Gasteiger partial charge is 0.337 e. The zero-order valence-corrected chi connectivity index (χ0v) is 12.5. The number of pyridine rings is 1. The first-order valence-electron chi connectivity index (χ1n) is 7.35. The van der Waals surface area contributed by atoms with Crippen LogP contribution in [0.4, 0.5) is 11.4 Å². The van der Waals surface area contributed by atoms with E-state index in [1.807, 2.05) is 72.5 Å². The highest BCUT2D eigenvalue weighted by atomic mass is 16.1. The van der Waals surface area contributed by atoms with E-state index in [4.69, 9.17) is 0 Å². The van der Waals surface area contributed by atoms with Crippen LogP contribution in [-0.4, -0.2) is 11.5 Å². The molecule has 0 bridgehead atoms. The Labute approximate surface area is 129 Å². The number of para-hydroxylation sites is 1. The summed E-state index contributed by atoms with van der Waals surface area (Å²) in [5.41, 5.74) is 3.50. The highest BCUT2D eigenvalue weighted by molar-refractivity contribution is 5.83. The molecule has 3 nitrogen and oxygen atoms in total. The Morgan fingerprint density at radius 3 is 2.55 bits per heavy atom. The van der Waals surface area contributed by atoms with E-state index in [0.29, 0.717) is 5.69 Å². The van der Waals surface area contributed by atoms with Gasteiger partial charge in [0.1, 0.15) is 5.69 Å². The molecule has 0 saturated carbocycles. The van der Waals surface area contributed by atoms with Crippen LogP contribution in [0.3, 0.4) is 0 Å². The first-order chi connectivity index (χ1) is 10.7. The number of rotatable bonds is 4. The summed E-state index contributed by atoms with van der Waals surface area (Å²) in [6, 6.07) is 17.8. The first-order valence-corrected chi connectivity index (χ1v) is 7.35. The van der Waals surface area contributed by atoms with Crippen LogP contribution in [0.5, 0.6) is 0 Å². The second-order valence-electron chi connectivity index (χ2n) is 5.11. The Bertz CT molecular complexity index is 862. The van der Waals surface area contributed by atoms with Crippen LogP contribution in [0.1, 0.15) is 12.5 Å². The molecule has 0 aliphatic carbocycles. The van der Waals surface area contributed by atoms with Crippen LogP contribution in [0.15, 0.2) is 66.0 Å². The monoisotopic (exact) mass is 290 g/mol. The van der Waals surface area contributed by atoms with Gasteiger partial charge in [-0.25, -0.2) is 0 Å². The number of benzene rings is 2. The van der Waals surface area contributed by atoms with Crippen molar-refractivity contribution in [2.75, 3.05) is 11.4 Å². The van der Waals surface area contributed by atoms with E-state index in [1.165, 1.54) is 0 Å². The standard InChI is InChI=1S/C19H18N2O/c1-3-14-9-11-16(12-10-14)21(4-2)18-13-15-7-5-6-8-17(15)20-19(18)22/h3,5-13H,1,4H2,2H3,(H,20,22). The fourth-order valence-corrected chi connectivity index (χ4v) is 2.62. The van der Waals surface area contributed by atoms with E-state index in [-0.39, 0.29) is 5.56 Å². The fraction of sp³-hybridized carbons (Fsp3) is 0.105. The van der Waals surface area contributed by atoms with E-state index in [9.17, 15) is 4.79 Å². The lowest BCUT2D eigenvalue weighted by molar-refractivity contribution is 1.01. The maximum atomic E-state index is 12.4. The van der Waals surface area contributed by atoms with Gasteiger partial charge in [0.15, 0.2) is 0 Å². The zero-order chi connectivity index (χ0) is 15.5. The molecule has 0 aliphatic heterocycles. The summed E-state index contributed by atoms with van der Waals surface area (Å²) in [5, 5.41) is 1.03. The second-order valence-corrected chi connectivity index (χ2v) is 5.11. The van der Waals surface area contributed by atoms with Gasteiger partial charge in [0.05, 0.1) is 0 Å². The molecule has 2 aromatic carbocycles. The van der Waals surface area contributed by atoms with Crippen molar-refractivity contribution < 1.29 is 0 Å². The normalized spacial score (nSPS) is 10.6. The van der Waals surface area contributed by atoms with Crippen molar-refractivity contribution in [2.24, 2.45) is 0 Å². The lowest BCUT2D eigenvalue weighted by Crippen LogP contribution is -2.24. The number of nitrogens with one attached hydrogen (secondary N) is 1. The molecule has 0 fully saturated rings. The van der Waals surface area contributed by atoms with Crippen LogP contribution in [0, 0.1) is 0 Å². The van der Waals surface area contributed by atoms with Crippen molar-refractivity contribution >= 4 is 28.4 Å². The molecule has 110 valence electrons. The SMILES string of the molecule is C=Cc1ccc(N(CC)c2cc3ccccc3[nH]c2=O)cc1. The van der Waals surface area contributed by atoms with Crippen LogP contribution in [0.2, 0.25) is 0 Å². The van der Waals surface area contributed by atoms with Gasteiger partial charge in [-0.3, -0.25) is 4.79 Å². The summed E-state index contributed by atoms with van der Waals surface area (Å²) in [6.45, 7) is 6.52. The minimum atomic E-state index is -0.0756. The van der Waals surface area contributed by atoms with E-state index >= 15 is 0 Å². The van der Waals surface area contributed by atoms with Crippen molar-refractivity contribution in [3.8, 4) is 0 Å². The molecular weight excluding hydrogens is 272 g/mol. The Hall–Kier alpha value is -2.81. The molecule has 0 spiro atoms. The maximum Gasteiger partial charge on any atom is 0.272 e. The highest BCUT2D eigenvalue weighted by Gasteiger charge is 2.12. The molecule has 0 saturated heterocycles. The van der Waals surface area contributed by atoms with E-state index < -0.39 is 0 Å². The van der Waals surface area contributed by atoms with Crippen molar-refractivity contribution in [1.29, 1.82) is 0 Å². The van der Waals surface area contributed by atoms with Gasteiger partial charge < -0.3 is 9.88 Å². The summed E-state index contributed by atoms with van der Waals surface area (Å²) in [5.74, 6) is 0. The minimum Gasteiger partial charge on any atom is -0.337 e. The Kier molecular flexibility index (Phi) is 3.79. The number of nitrogens with zero attached hydrogens (tertiary/aromatic N) is 1. The third kappa shape index (κ3) is 2.53. The fourth-order valence-electron chi connectivity index (χ4n) is 2.62. The molecule has 0 atom stereocenters. The van der Waals surface area contributed by atoms with Crippen LogP contribution in [0.25, 0.3) is 17.0 Å². The molecule has 3 heteroatoms. The minimum absolute atomic E-state index is 0.0756. The molecule has 1 aromatic heterocycles. The third-order valence-corrected chi connectivity index (χ3v) is 3.78. The molecule has 0 aliphatic rings. The Morgan fingerprint density at radius 2 is 1.86 bits per heavy atom. The number of anilines is 2. The molecule has 22 heavy (non-hydrogen) atoms. The van der Waals surface area contributed by atoms with Gasteiger partial charge in [0.25, 0.3) is 5.56 Å². The molecule has 0 radical (unpaired) electrons. The lowest BCUT2D eigenvalue weighted by Gasteiger charge is -2.22. The number of aromatic amines is 1. The van der Waals surface area contributed by atoms with Gasteiger partial charge in [0, 0.05) is 23.1 Å². The average Bonchev–Trinajstić information content (AvgIpc) is 2.56. The second kappa shape index (κ2) is 5.90. The predicted octanol–water partition coefficient (Wildman–Crippen LogP) is 4.33. The number of aromatic nitrogens is 1. The summed E-state index contributed by atoms with van der Waals surface area (Å²) in [4.78, 5) is 17.4. The summed E-state index contributed by atoms with van der Waals surface area (Å²) >= 11 is 0. The van der Waals surface area contributed by atoms with Gasteiger partial charge in [-0.05, 0) is 36.8 Å². The number of hydrogen-bond acceptors (Lipinski definition) is 2. The summed E-state index contributed by atoms with van der Waals surface area (Å²) in [7, 11) is 0. The van der Waals surface area contributed by atoms with Gasteiger partial charge in [-0.2, -0.15) is 0 Å². The first kappa shape index (κ1) is 14.1. The van der Waals surface area contributed by atoms with E-state index in [0.717, 1.165) is 28.7 Å². The topological polar surface area (TPSA) is 36.1 Å². The van der Waals surface area contributed by atoms with E-state index in [1.54, 1.807) is 0 Å². The molecule has 1 heterocycles. The lowest BCUT2D eigenvalue weighted by atomic mass is 10.1. The third-order valence-electron chi connectivity index (χ3n) is 3.78. The molecule has 3 aromatic rings.